The zero-order chi connectivity index (χ0) is 13.1. The normalized spacial score (nSPS) is 11.1. The van der Waals surface area contributed by atoms with E-state index in [9.17, 15) is 9.90 Å². The van der Waals surface area contributed by atoms with Crippen LogP contribution < -0.4 is 11.3 Å². The molecule has 94 valence electrons. The van der Waals surface area contributed by atoms with Gasteiger partial charge < -0.3 is 15.4 Å². The standard InChI is InChI=1S/C11H18N4O2/c1-11(2,7-16)15(3)10(17)8-6-13-5-4-9(8)14-12/h4-6,16H,7,12H2,1-3H3,(H,13,14). The molecular weight excluding hydrogens is 220 g/mol. The number of amides is 1. The first-order chi connectivity index (χ1) is 7.94. The van der Waals surface area contributed by atoms with Crippen LogP contribution in [0.4, 0.5) is 5.69 Å². The summed E-state index contributed by atoms with van der Waals surface area (Å²) in [6, 6.07) is 1.62. The van der Waals surface area contributed by atoms with E-state index < -0.39 is 5.54 Å². The van der Waals surface area contributed by atoms with Crippen LogP contribution in [0.3, 0.4) is 0 Å². The Morgan fingerprint density at radius 2 is 2.29 bits per heavy atom. The van der Waals surface area contributed by atoms with Crippen molar-refractivity contribution in [1.82, 2.24) is 9.88 Å². The van der Waals surface area contributed by atoms with Crippen molar-refractivity contribution in [2.45, 2.75) is 19.4 Å². The molecule has 1 aromatic rings. The summed E-state index contributed by atoms with van der Waals surface area (Å²) >= 11 is 0. The Bertz CT molecular complexity index is 406. The summed E-state index contributed by atoms with van der Waals surface area (Å²) in [5, 5.41) is 9.24. The van der Waals surface area contributed by atoms with Crippen LogP contribution in [0.25, 0.3) is 0 Å². The fourth-order valence-corrected chi connectivity index (χ4v) is 1.25. The van der Waals surface area contributed by atoms with Gasteiger partial charge >= 0.3 is 0 Å². The summed E-state index contributed by atoms with van der Waals surface area (Å²) in [5.41, 5.74) is 2.69. The number of nitrogens with one attached hydrogen (secondary N) is 1. The second-order valence-corrected chi connectivity index (χ2v) is 4.40. The van der Waals surface area contributed by atoms with Gasteiger partial charge in [0.15, 0.2) is 0 Å². The van der Waals surface area contributed by atoms with Gasteiger partial charge in [-0.05, 0) is 19.9 Å². The molecule has 0 saturated carbocycles. The summed E-state index contributed by atoms with van der Waals surface area (Å²) in [6.45, 7) is 3.43. The number of rotatable bonds is 4. The molecule has 0 aliphatic carbocycles. The van der Waals surface area contributed by atoms with Crippen LogP contribution in [0.15, 0.2) is 18.5 Å². The Labute approximate surface area is 100 Å². The number of aliphatic hydroxyl groups is 1. The molecule has 0 aliphatic rings. The maximum Gasteiger partial charge on any atom is 0.257 e. The van der Waals surface area contributed by atoms with Crippen LogP contribution in [0, 0.1) is 0 Å². The third-order valence-corrected chi connectivity index (χ3v) is 2.81. The number of aliphatic hydroxyl groups excluding tert-OH is 1. The van der Waals surface area contributed by atoms with Crippen LogP contribution in [-0.2, 0) is 0 Å². The molecule has 17 heavy (non-hydrogen) atoms. The molecule has 6 nitrogen and oxygen atoms in total. The van der Waals surface area contributed by atoms with Crippen molar-refractivity contribution in [2.75, 3.05) is 19.1 Å². The molecule has 1 heterocycles. The minimum absolute atomic E-state index is 0.124. The number of aromatic nitrogens is 1. The minimum Gasteiger partial charge on any atom is -0.394 e. The van der Waals surface area contributed by atoms with E-state index in [1.807, 2.05) is 0 Å². The summed E-state index contributed by atoms with van der Waals surface area (Å²) in [7, 11) is 1.63. The zero-order valence-electron chi connectivity index (χ0n) is 10.3. The lowest BCUT2D eigenvalue weighted by Gasteiger charge is -2.34. The lowest BCUT2D eigenvalue weighted by Crippen LogP contribution is -2.47. The quantitative estimate of drug-likeness (QED) is 0.515. The highest BCUT2D eigenvalue weighted by molar-refractivity contribution is 5.99. The molecule has 4 N–H and O–H groups in total. The van der Waals surface area contributed by atoms with Gasteiger partial charge in [0, 0.05) is 19.4 Å². The van der Waals surface area contributed by atoms with E-state index in [0.29, 0.717) is 11.3 Å². The van der Waals surface area contributed by atoms with Gasteiger partial charge in [0.05, 0.1) is 23.4 Å². The van der Waals surface area contributed by atoms with Gasteiger partial charge in [-0.2, -0.15) is 0 Å². The SMILES string of the molecule is CN(C(=O)c1cnccc1NN)C(C)(C)CO. The van der Waals surface area contributed by atoms with E-state index in [1.54, 1.807) is 33.2 Å². The van der Waals surface area contributed by atoms with E-state index in [4.69, 9.17) is 5.84 Å². The molecule has 1 amide bonds. The number of hydrogen-bond donors (Lipinski definition) is 3. The number of nitrogens with two attached hydrogens (primary N) is 1. The number of nitrogens with zero attached hydrogens (tertiary/aromatic N) is 2. The van der Waals surface area contributed by atoms with Crippen molar-refractivity contribution >= 4 is 11.6 Å². The first-order valence-electron chi connectivity index (χ1n) is 5.23. The predicted molar refractivity (Wildman–Crippen MR) is 65.3 cm³/mol. The lowest BCUT2D eigenvalue weighted by atomic mass is 10.0. The Morgan fingerprint density at radius 1 is 1.65 bits per heavy atom. The second kappa shape index (κ2) is 5.11. The van der Waals surface area contributed by atoms with Crippen molar-refractivity contribution in [3.8, 4) is 0 Å². The third-order valence-electron chi connectivity index (χ3n) is 2.81. The molecule has 1 rings (SSSR count). The number of nitrogen functional groups attached to an aromatic ring is 1. The highest BCUT2D eigenvalue weighted by atomic mass is 16.3. The molecule has 1 aromatic heterocycles. The van der Waals surface area contributed by atoms with E-state index in [-0.39, 0.29) is 12.5 Å². The largest absolute Gasteiger partial charge is 0.394 e. The first-order valence-corrected chi connectivity index (χ1v) is 5.23. The van der Waals surface area contributed by atoms with Gasteiger partial charge in [-0.1, -0.05) is 0 Å². The summed E-state index contributed by atoms with van der Waals surface area (Å²) in [4.78, 5) is 17.6. The predicted octanol–water partition coefficient (Wildman–Crippen LogP) is 0.210. The number of anilines is 1. The van der Waals surface area contributed by atoms with Crippen molar-refractivity contribution in [1.29, 1.82) is 0 Å². The molecule has 0 bridgehead atoms. The smallest absolute Gasteiger partial charge is 0.257 e. The van der Waals surface area contributed by atoms with Gasteiger partial charge in [-0.3, -0.25) is 15.6 Å². The molecule has 0 fully saturated rings. The van der Waals surface area contributed by atoms with E-state index in [2.05, 4.69) is 10.4 Å². The molecule has 0 spiro atoms. The van der Waals surface area contributed by atoms with Gasteiger partial charge in [-0.25, -0.2) is 0 Å². The van der Waals surface area contributed by atoms with Crippen LogP contribution >= 0.6 is 0 Å². The number of carbonyl (C=O) groups excluding carboxylic acids is 1. The molecular formula is C11H18N4O2. The van der Waals surface area contributed by atoms with Crippen LogP contribution in [0.5, 0.6) is 0 Å². The Balaban J connectivity index is 3.04. The lowest BCUT2D eigenvalue weighted by molar-refractivity contribution is 0.0473. The van der Waals surface area contributed by atoms with E-state index in [1.165, 1.54) is 11.1 Å². The average Bonchev–Trinajstić information content (AvgIpc) is 2.36. The van der Waals surface area contributed by atoms with Crippen LogP contribution in [0.2, 0.25) is 0 Å². The molecule has 6 heteroatoms. The average molecular weight is 238 g/mol. The molecule has 0 atom stereocenters. The second-order valence-electron chi connectivity index (χ2n) is 4.40. The van der Waals surface area contributed by atoms with Gasteiger partial charge in [0.2, 0.25) is 0 Å². The van der Waals surface area contributed by atoms with Gasteiger partial charge in [0.1, 0.15) is 0 Å². The summed E-state index contributed by atoms with van der Waals surface area (Å²) in [6.07, 6.45) is 2.99. The van der Waals surface area contributed by atoms with Crippen LogP contribution in [0.1, 0.15) is 24.2 Å². The Hall–Kier alpha value is -1.66. The molecule has 0 aromatic carbocycles. The maximum absolute atomic E-state index is 12.2. The topological polar surface area (TPSA) is 91.5 Å². The van der Waals surface area contributed by atoms with Crippen molar-refractivity contribution in [2.24, 2.45) is 5.84 Å². The molecule has 0 aliphatic heterocycles. The van der Waals surface area contributed by atoms with Crippen molar-refractivity contribution in [3.05, 3.63) is 24.0 Å². The number of likely N-dealkylation sites (N-methyl/N-ethyl adjacent to an activating group) is 1. The Kier molecular flexibility index (Phi) is 4.03. The van der Waals surface area contributed by atoms with E-state index >= 15 is 0 Å². The molecule has 0 unspecified atom stereocenters. The highest BCUT2D eigenvalue weighted by Gasteiger charge is 2.28. The minimum atomic E-state index is -0.640. The third kappa shape index (κ3) is 2.72. The van der Waals surface area contributed by atoms with Gasteiger partial charge in [-0.15, -0.1) is 0 Å². The maximum atomic E-state index is 12.2. The van der Waals surface area contributed by atoms with Crippen molar-refractivity contribution < 1.29 is 9.90 Å². The fourth-order valence-electron chi connectivity index (χ4n) is 1.25. The zero-order valence-corrected chi connectivity index (χ0v) is 10.3. The number of carbonyl (C=O) groups is 1. The van der Waals surface area contributed by atoms with Gasteiger partial charge in [0.25, 0.3) is 5.91 Å². The number of hydrogen-bond acceptors (Lipinski definition) is 5. The molecule has 0 saturated heterocycles. The van der Waals surface area contributed by atoms with Crippen molar-refractivity contribution in [3.63, 3.8) is 0 Å². The monoisotopic (exact) mass is 238 g/mol. The van der Waals surface area contributed by atoms with Crippen LogP contribution in [-0.4, -0.2) is 40.1 Å². The highest BCUT2D eigenvalue weighted by Crippen LogP contribution is 2.19. The summed E-state index contributed by atoms with van der Waals surface area (Å²) in [5.74, 6) is 5.09. The molecule has 0 radical (unpaired) electrons. The Morgan fingerprint density at radius 3 is 2.82 bits per heavy atom. The first kappa shape index (κ1) is 13.4. The number of hydrazine groups is 1. The fraction of sp³-hybridized carbons (Fsp3) is 0.455. The number of pyridine rings is 1. The summed E-state index contributed by atoms with van der Waals surface area (Å²) < 4.78 is 0. The van der Waals surface area contributed by atoms with E-state index in [0.717, 1.165) is 0 Å².